The van der Waals surface area contributed by atoms with Crippen molar-refractivity contribution in [2.75, 3.05) is 13.2 Å². The number of hydrogen-bond donors (Lipinski definition) is 0. The van der Waals surface area contributed by atoms with Gasteiger partial charge < -0.3 is 9.47 Å². The lowest BCUT2D eigenvalue weighted by Gasteiger charge is -2.18. The summed E-state index contributed by atoms with van der Waals surface area (Å²) in [6.45, 7) is 10.9. The molecule has 0 N–H and O–H groups in total. The molecule has 2 aliphatic rings. The van der Waals surface area contributed by atoms with Crippen LogP contribution in [0.2, 0.25) is 19.6 Å². The van der Waals surface area contributed by atoms with Crippen molar-refractivity contribution < 1.29 is 14.3 Å². The summed E-state index contributed by atoms with van der Waals surface area (Å²) < 4.78 is 16.7. The van der Waals surface area contributed by atoms with Gasteiger partial charge in [0.2, 0.25) is 6.19 Å². The van der Waals surface area contributed by atoms with Crippen molar-refractivity contribution in [2.24, 2.45) is 9.65 Å². The molecular weight excluding hydrogens is 566 g/mol. The van der Waals surface area contributed by atoms with E-state index in [0.717, 1.165) is 26.0 Å². The van der Waals surface area contributed by atoms with Crippen LogP contribution in [0.5, 0.6) is 11.5 Å². The summed E-state index contributed by atoms with van der Waals surface area (Å²) in [4.78, 5) is 15.1. The van der Waals surface area contributed by atoms with Crippen molar-refractivity contribution >= 4 is 57.5 Å². The normalized spacial score (nSPS) is 14.9. The maximum atomic E-state index is 11.3. The van der Waals surface area contributed by atoms with Gasteiger partial charge in [0.25, 0.3) is 0 Å². The van der Waals surface area contributed by atoms with Crippen molar-refractivity contribution in [1.29, 1.82) is 5.26 Å². The van der Waals surface area contributed by atoms with Crippen LogP contribution in [0.15, 0.2) is 61.6 Å². The molecule has 9 heteroatoms. The smallest absolute Gasteiger partial charge is 0.205 e. The fraction of sp³-hybridized carbons (Fsp3) is 0.292. The molecule has 0 fully saturated rings. The van der Waals surface area contributed by atoms with E-state index in [1.54, 1.807) is 6.07 Å². The molecule has 0 aliphatic carbocycles. The van der Waals surface area contributed by atoms with Crippen LogP contribution in [0.25, 0.3) is 0 Å². The molecule has 0 unspecified atom stereocenters. The lowest BCUT2D eigenvalue weighted by Crippen LogP contribution is -2.15. The molecule has 2 aromatic carbocycles. The standard InChI is InChI=1S/C10H7BrN2O.C9H7BrO2.C5H11NSi/c11-7-1-2-10-8(5-7)9(13-6-12)3-4-14-10;10-6-1-2-9-7(5-6)8(11)3-4-12-9;1-5-6-7(2,3)4/h1-2,5H,3-4H2;1-2,5H,3-4H2;1H2,2-4H3. The highest BCUT2D eigenvalue weighted by atomic mass is 79.9. The average Bonchev–Trinajstić information content (AvgIpc) is 2.75. The van der Waals surface area contributed by atoms with Gasteiger partial charge in [-0.1, -0.05) is 31.9 Å². The van der Waals surface area contributed by atoms with E-state index in [2.05, 4.69) is 73.6 Å². The van der Waals surface area contributed by atoms with Crippen LogP contribution in [0.3, 0.4) is 0 Å². The van der Waals surface area contributed by atoms with Crippen molar-refractivity contribution in [2.45, 2.75) is 32.5 Å². The Balaban J connectivity index is 0.000000186. The second-order valence-electron chi connectivity index (χ2n) is 8.00. The Labute approximate surface area is 212 Å². The number of rotatable bonds is 1. The molecule has 2 heterocycles. The van der Waals surface area contributed by atoms with Crippen LogP contribution < -0.4 is 9.47 Å². The molecule has 0 saturated carbocycles. The number of nitriles is 1. The fourth-order valence-electron chi connectivity index (χ4n) is 2.89. The van der Waals surface area contributed by atoms with E-state index in [1.165, 1.54) is 0 Å². The number of ether oxygens (including phenoxy) is 2. The Hall–Kier alpha value is -2.50. The Kier molecular flexibility index (Phi) is 10.3. The van der Waals surface area contributed by atoms with Crippen LogP contribution in [0.4, 0.5) is 0 Å². The van der Waals surface area contributed by atoms with E-state index in [1.807, 2.05) is 36.5 Å². The van der Waals surface area contributed by atoms with Gasteiger partial charge >= 0.3 is 0 Å². The second-order valence-corrected chi connectivity index (χ2v) is 14.4. The highest BCUT2D eigenvalue weighted by Gasteiger charge is 2.18. The number of carbonyl (C=O) groups is 1. The van der Waals surface area contributed by atoms with Gasteiger partial charge in [-0.2, -0.15) is 10.3 Å². The van der Waals surface area contributed by atoms with Crippen molar-refractivity contribution in [3.63, 3.8) is 0 Å². The largest absolute Gasteiger partial charge is 0.492 e. The Morgan fingerprint density at radius 3 is 2.03 bits per heavy atom. The van der Waals surface area contributed by atoms with E-state index in [9.17, 15) is 4.79 Å². The maximum absolute atomic E-state index is 11.3. The quantitative estimate of drug-likeness (QED) is 0.213. The topological polar surface area (TPSA) is 84.0 Å². The van der Waals surface area contributed by atoms with Crippen molar-refractivity contribution in [1.82, 2.24) is 0 Å². The third-order valence-corrected chi connectivity index (χ3v) is 6.09. The number of carbonyl (C=O) groups excluding carboxylic acids is 1. The summed E-state index contributed by atoms with van der Waals surface area (Å²) >= 11 is 6.69. The molecular formula is C24H25Br2N3O3Si. The first-order chi connectivity index (χ1) is 15.6. The molecule has 0 aromatic heterocycles. The van der Waals surface area contributed by atoms with E-state index in [-0.39, 0.29) is 5.78 Å². The summed E-state index contributed by atoms with van der Waals surface area (Å²) in [5, 5.41) is 8.52. The molecule has 0 spiro atoms. The number of halogens is 2. The summed E-state index contributed by atoms with van der Waals surface area (Å²) in [5.41, 5.74) is 2.40. The zero-order chi connectivity index (χ0) is 24.4. The summed E-state index contributed by atoms with van der Waals surface area (Å²) in [5.74, 6) is 4.21. The predicted octanol–water partition coefficient (Wildman–Crippen LogP) is 6.59. The van der Waals surface area contributed by atoms with Gasteiger partial charge in [0.1, 0.15) is 11.5 Å². The first-order valence-electron chi connectivity index (χ1n) is 10.2. The first kappa shape index (κ1) is 26.7. The zero-order valence-corrected chi connectivity index (χ0v) is 23.0. The van der Waals surface area contributed by atoms with Gasteiger partial charge in [-0.25, -0.2) is 0 Å². The van der Waals surface area contributed by atoms with E-state index in [0.29, 0.717) is 37.4 Å². The molecule has 2 aromatic rings. The first-order valence-corrected chi connectivity index (χ1v) is 15.3. The number of hydrogen-bond acceptors (Lipinski definition) is 6. The monoisotopic (exact) mass is 589 g/mol. The Morgan fingerprint density at radius 1 is 0.970 bits per heavy atom. The van der Waals surface area contributed by atoms with Gasteiger partial charge in [-0.15, -0.1) is 0 Å². The summed E-state index contributed by atoms with van der Waals surface area (Å²) in [6, 6.07) is 11.2. The van der Waals surface area contributed by atoms with E-state index < -0.39 is 8.24 Å². The number of aliphatic imine (C=N–C) groups is 1. The van der Waals surface area contributed by atoms with Gasteiger partial charge in [0, 0.05) is 27.4 Å². The minimum atomic E-state index is -1.21. The molecule has 6 nitrogen and oxygen atoms in total. The lowest BCUT2D eigenvalue weighted by atomic mass is 10.0. The van der Waals surface area contributed by atoms with Crippen LogP contribution in [-0.4, -0.2) is 38.8 Å². The van der Waals surface area contributed by atoms with Gasteiger partial charge in [0.15, 0.2) is 14.0 Å². The lowest BCUT2D eigenvalue weighted by molar-refractivity contribution is 0.0933. The number of ketones is 1. The zero-order valence-electron chi connectivity index (χ0n) is 18.8. The van der Waals surface area contributed by atoms with Gasteiger partial charge in [-0.05, 0) is 68.5 Å². The molecule has 2 aliphatic heterocycles. The highest BCUT2D eigenvalue weighted by molar-refractivity contribution is 9.10. The molecule has 0 radical (unpaired) electrons. The fourth-order valence-corrected chi connectivity index (χ4v) is 4.09. The Bertz CT molecular complexity index is 1130. The van der Waals surface area contributed by atoms with Crippen LogP contribution in [0, 0.1) is 11.5 Å². The molecule has 0 bridgehead atoms. The summed E-state index contributed by atoms with van der Waals surface area (Å²) in [6.07, 6.45) is 3.00. The molecule has 4 rings (SSSR count). The summed E-state index contributed by atoms with van der Waals surface area (Å²) in [7, 11) is -1.21. The molecule has 172 valence electrons. The predicted molar refractivity (Wildman–Crippen MR) is 141 cm³/mol. The van der Waals surface area contributed by atoms with E-state index in [4.69, 9.17) is 14.7 Å². The van der Waals surface area contributed by atoms with Crippen molar-refractivity contribution in [3.05, 3.63) is 63.0 Å². The van der Waals surface area contributed by atoms with Gasteiger partial charge in [0.05, 0.1) is 24.5 Å². The molecule has 0 amide bonds. The molecule has 0 atom stereocenters. The third kappa shape index (κ3) is 8.75. The number of benzene rings is 2. The number of fused-ring (bicyclic) bond motifs is 2. The highest BCUT2D eigenvalue weighted by Crippen LogP contribution is 2.28. The second kappa shape index (κ2) is 12.7. The van der Waals surface area contributed by atoms with E-state index >= 15 is 0 Å². The average molecular weight is 591 g/mol. The van der Waals surface area contributed by atoms with Crippen LogP contribution in [0.1, 0.15) is 28.8 Å². The SMILES string of the molecule is C=C=N[Si](C)(C)C.N#CN=C1CCOc2ccc(Br)cc21.O=C1CCOc2ccc(Br)cc21. The van der Waals surface area contributed by atoms with Gasteiger partial charge in [-0.3, -0.25) is 9.45 Å². The minimum Gasteiger partial charge on any atom is -0.492 e. The number of Topliss-reactive ketones (excluding diaryl/α,β-unsaturated/α-hetero) is 1. The number of nitrogens with zero attached hydrogens (tertiary/aromatic N) is 3. The van der Waals surface area contributed by atoms with Crippen LogP contribution in [-0.2, 0) is 0 Å². The van der Waals surface area contributed by atoms with Crippen molar-refractivity contribution in [3.8, 4) is 17.7 Å². The van der Waals surface area contributed by atoms with Crippen LogP contribution >= 0.6 is 31.9 Å². The maximum Gasteiger partial charge on any atom is 0.205 e. The minimum absolute atomic E-state index is 0.164. The molecule has 33 heavy (non-hydrogen) atoms. The Morgan fingerprint density at radius 2 is 1.52 bits per heavy atom. The third-order valence-electron chi connectivity index (χ3n) is 4.28. The molecule has 0 saturated heterocycles.